The molecule has 2 aromatic heterocycles. The van der Waals surface area contributed by atoms with Crippen molar-refractivity contribution in [1.29, 1.82) is 0 Å². The molecule has 59 heavy (non-hydrogen) atoms. The number of para-hydroxylation sites is 1. The summed E-state index contributed by atoms with van der Waals surface area (Å²) in [5.74, 6) is 0.259. The lowest BCUT2D eigenvalue weighted by molar-refractivity contribution is 0.472. The molecule has 1 N–H and O–H groups in total. The molecule has 0 atom stereocenters. The van der Waals surface area contributed by atoms with Gasteiger partial charge in [-0.15, -0.1) is 0 Å². The monoisotopic (exact) mass is 774 g/mol. The van der Waals surface area contributed by atoms with Crippen LogP contribution < -0.4 is 0 Å². The third-order valence-electron chi connectivity index (χ3n) is 11.5. The van der Waals surface area contributed by atoms with Gasteiger partial charge in [0.05, 0.1) is 22.3 Å². The molecule has 0 spiro atoms. The topological polar surface area (TPSA) is 50.9 Å². The Kier molecular flexibility index (Phi) is 9.83. The fourth-order valence-corrected chi connectivity index (χ4v) is 8.00. The normalized spacial score (nSPS) is 12.5. The van der Waals surface area contributed by atoms with Gasteiger partial charge in [-0.05, 0) is 135 Å². The van der Waals surface area contributed by atoms with Gasteiger partial charge in [0, 0.05) is 24.4 Å². The molecule has 4 nitrogen and oxygen atoms in total. The van der Waals surface area contributed by atoms with Gasteiger partial charge in [0.25, 0.3) is 0 Å². The van der Waals surface area contributed by atoms with Crippen LogP contribution in [-0.4, -0.2) is 19.6 Å². The highest BCUT2D eigenvalue weighted by atomic mass is 16.3. The lowest BCUT2D eigenvalue weighted by Gasteiger charge is -2.23. The number of rotatable bonds is 7. The standard InChI is InChI=1S/C55H55N3O/c1-34(2)37-19-21-39(22-20-37)40-23-24-56-49(32-40)43-27-42(29-44(30-43)54(5,6)7)47-17-14-18-50-51(47)57-53(48-26-35(3)25-36(4)52(48)59)58(50)46-31-41(38-15-12-11-13-16-38)28-45(33-46)55(8,9)10/h11-34,59H,1-10H3/i34D. The summed E-state index contributed by atoms with van der Waals surface area (Å²) in [4.78, 5) is 10.4. The summed E-state index contributed by atoms with van der Waals surface area (Å²) < 4.78 is 10.7. The minimum absolute atomic E-state index is 0.124. The Morgan fingerprint density at radius 1 is 0.593 bits per heavy atom. The van der Waals surface area contributed by atoms with E-state index in [-0.39, 0.29) is 16.6 Å². The lowest BCUT2D eigenvalue weighted by atomic mass is 9.83. The molecule has 0 aliphatic carbocycles. The highest BCUT2D eigenvalue weighted by Gasteiger charge is 2.25. The molecule has 4 heteroatoms. The summed E-state index contributed by atoms with van der Waals surface area (Å²) in [6.45, 7) is 21.3. The van der Waals surface area contributed by atoms with Gasteiger partial charge >= 0.3 is 0 Å². The number of imidazole rings is 1. The molecule has 8 aromatic rings. The molecule has 0 aliphatic heterocycles. The molecule has 0 unspecified atom stereocenters. The number of aryl methyl sites for hydroxylation is 2. The summed E-state index contributed by atoms with van der Waals surface area (Å²) in [5, 5.41) is 11.7. The van der Waals surface area contributed by atoms with Gasteiger partial charge < -0.3 is 5.11 Å². The highest BCUT2D eigenvalue weighted by molar-refractivity contribution is 5.97. The number of fused-ring (bicyclic) bond motifs is 1. The van der Waals surface area contributed by atoms with Crippen molar-refractivity contribution >= 4 is 11.0 Å². The van der Waals surface area contributed by atoms with Gasteiger partial charge in [0.2, 0.25) is 0 Å². The second-order valence-corrected chi connectivity index (χ2v) is 18.4. The quantitative estimate of drug-likeness (QED) is 0.175. The van der Waals surface area contributed by atoms with E-state index < -0.39 is 5.89 Å². The number of phenols is 1. The fraction of sp³-hybridized carbons (Fsp3) is 0.236. The van der Waals surface area contributed by atoms with Crippen molar-refractivity contribution in [2.24, 2.45) is 0 Å². The van der Waals surface area contributed by atoms with E-state index in [1.54, 1.807) is 0 Å². The first kappa shape index (κ1) is 38.3. The Hall–Kier alpha value is -6.26. The Bertz CT molecular complexity index is 2880. The van der Waals surface area contributed by atoms with E-state index in [0.717, 1.165) is 78.0 Å². The van der Waals surface area contributed by atoms with Crippen molar-refractivity contribution in [3.05, 3.63) is 167 Å². The summed E-state index contributed by atoms with van der Waals surface area (Å²) >= 11 is 0. The summed E-state index contributed by atoms with van der Waals surface area (Å²) in [6.07, 6.45) is 1.89. The van der Waals surface area contributed by atoms with E-state index in [4.69, 9.17) is 11.3 Å². The summed E-state index contributed by atoms with van der Waals surface area (Å²) in [5.41, 5.74) is 16.8. The van der Waals surface area contributed by atoms with Gasteiger partial charge in [-0.1, -0.05) is 140 Å². The number of pyridine rings is 1. The van der Waals surface area contributed by atoms with Crippen molar-refractivity contribution in [2.75, 3.05) is 0 Å². The van der Waals surface area contributed by atoms with Crippen molar-refractivity contribution in [3.8, 4) is 67.5 Å². The molecule has 8 rings (SSSR count). The van der Waals surface area contributed by atoms with Gasteiger partial charge in [-0.3, -0.25) is 9.55 Å². The fourth-order valence-electron chi connectivity index (χ4n) is 8.00. The van der Waals surface area contributed by atoms with Gasteiger partial charge in [0.15, 0.2) is 0 Å². The molecule has 0 bridgehead atoms. The minimum Gasteiger partial charge on any atom is -0.507 e. The second-order valence-electron chi connectivity index (χ2n) is 18.4. The largest absolute Gasteiger partial charge is 0.507 e. The van der Waals surface area contributed by atoms with Gasteiger partial charge in [-0.25, -0.2) is 4.98 Å². The second kappa shape index (κ2) is 15.2. The predicted molar refractivity (Wildman–Crippen MR) is 249 cm³/mol. The van der Waals surface area contributed by atoms with Crippen LogP contribution in [-0.2, 0) is 10.8 Å². The summed E-state index contributed by atoms with van der Waals surface area (Å²) in [6, 6.07) is 47.2. The number of aromatic nitrogens is 3. The number of aromatic hydroxyl groups is 1. The van der Waals surface area contributed by atoms with Crippen molar-refractivity contribution in [1.82, 2.24) is 14.5 Å². The highest BCUT2D eigenvalue weighted by Crippen LogP contribution is 2.42. The average molecular weight is 775 g/mol. The molecule has 2 heterocycles. The molecule has 0 saturated heterocycles. The Morgan fingerprint density at radius 2 is 1.25 bits per heavy atom. The van der Waals surface area contributed by atoms with Crippen molar-refractivity contribution < 1.29 is 6.48 Å². The van der Waals surface area contributed by atoms with Crippen LogP contribution in [0.2, 0.25) is 0 Å². The van der Waals surface area contributed by atoms with Crippen LogP contribution in [0.25, 0.3) is 72.7 Å². The summed E-state index contributed by atoms with van der Waals surface area (Å²) in [7, 11) is 0. The Labute approximate surface area is 351 Å². The molecule has 0 fully saturated rings. The third-order valence-corrected chi connectivity index (χ3v) is 11.5. The van der Waals surface area contributed by atoms with E-state index in [9.17, 15) is 5.11 Å². The smallest absolute Gasteiger partial charge is 0.149 e. The van der Waals surface area contributed by atoms with E-state index in [2.05, 4.69) is 168 Å². The number of hydrogen-bond donors (Lipinski definition) is 1. The van der Waals surface area contributed by atoms with Crippen LogP contribution in [0.3, 0.4) is 0 Å². The first-order valence-corrected chi connectivity index (χ1v) is 20.6. The van der Waals surface area contributed by atoms with E-state index in [1.165, 1.54) is 11.1 Å². The zero-order valence-electron chi connectivity index (χ0n) is 37.1. The number of phenolic OH excluding ortho intramolecular Hbond substituents is 1. The number of benzene rings is 6. The zero-order valence-corrected chi connectivity index (χ0v) is 36.1. The van der Waals surface area contributed by atoms with E-state index >= 15 is 0 Å². The van der Waals surface area contributed by atoms with Crippen LogP contribution in [0, 0.1) is 13.8 Å². The molecule has 0 radical (unpaired) electrons. The van der Waals surface area contributed by atoms with Crippen LogP contribution in [0.5, 0.6) is 5.75 Å². The first-order valence-electron chi connectivity index (χ1n) is 21.1. The van der Waals surface area contributed by atoms with E-state index in [1.807, 2.05) is 45.2 Å². The maximum atomic E-state index is 11.7. The number of nitrogens with zero attached hydrogens (tertiary/aromatic N) is 3. The number of hydrogen-bond acceptors (Lipinski definition) is 3. The predicted octanol–water partition coefficient (Wildman–Crippen LogP) is 14.8. The zero-order chi connectivity index (χ0) is 42.7. The third kappa shape index (κ3) is 7.84. The molecule has 0 saturated carbocycles. The SMILES string of the molecule is [2H]C(C)(C)c1ccc(-c2ccnc(-c3cc(-c4cccc5c4nc(-c4cc(C)cc(C)c4O)n5-c4cc(-c5ccccc5)cc(C(C)(C)C)c4)cc(C(C)(C)C)c3)c2)cc1. The lowest BCUT2D eigenvalue weighted by Crippen LogP contribution is -2.12. The maximum absolute atomic E-state index is 11.7. The Balaban J connectivity index is 1.37. The van der Waals surface area contributed by atoms with Crippen LogP contribution in [0.1, 0.15) is 90.5 Å². The maximum Gasteiger partial charge on any atom is 0.149 e. The van der Waals surface area contributed by atoms with Crippen LogP contribution >= 0.6 is 0 Å². The molecule has 6 aromatic carbocycles. The minimum atomic E-state index is -0.661. The molecule has 296 valence electrons. The molecular formula is C55H55N3O. The molecular weight excluding hydrogens is 719 g/mol. The molecule has 0 amide bonds. The van der Waals surface area contributed by atoms with Crippen molar-refractivity contribution in [3.63, 3.8) is 0 Å². The average Bonchev–Trinajstić information content (AvgIpc) is 3.61. The Morgan fingerprint density at radius 3 is 1.95 bits per heavy atom. The van der Waals surface area contributed by atoms with Gasteiger partial charge in [-0.2, -0.15) is 0 Å². The van der Waals surface area contributed by atoms with Crippen LogP contribution in [0.4, 0.5) is 0 Å². The van der Waals surface area contributed by atoms with Crippen molar-refractivity contribution in [2.45, 2.75) is 86.0 Å². The van der Waals surface area contributed by atoms with E-state index in [0.29, 0.717) is 11.4 Å². The molecule has 0 aliphatic rings. The van der Waals surface area contributed by atoms with Crippen LogP contribution in [0.15, 0.2) is 140 Å². The van der Waals surface area contributed by atoms with Gasteiger partial charge in [0.1, 0.15) is 11.6 Å². The first-order chi connectivity index (χ1) is 28.3.